The van der Waals surface area contributed by atoms with Crippen molar-refractivity contribution in [3.8, 4) is 11.5 Å². The van der Waals surface area contributed by atoms with Gasteiger partial charge in [0.05, 0.1) is 6.54 Å². The summed E-state index contributed by atoms with van der Waals surface area (Å²) in [7, 11) is 0. The van der Waals surface area contributed by atoms with Gasteiger partial charge in [-0.1, -0.05) is 18.2 Å². The van der Waals surface area contributed by atoms with Crippen LogP contribution >= 0.6 is 0 Å². The van der Waals surface area contributed by atoms with E-state index in [1.54, 1.807) is 16.7 Å². The van der Waals surface area contributed by atoms with Gasteiger partial charge < -0.3 is 23.9 Å². The van der Waals surface area contributed by atoms with E-state index in [1.165, 1.54) is 0 Å². The van der Waals surface area contributed by atoms with Gasteiger partial charge in [-0.05, 0) is 31.2 Å². The molecule has 4 rings (SSSR count). The van der Waals surface area contributed by atoms with E-state index >= 15 is 0 Å². The van der Waals surface area contributed by atoms with E-state index in [4.69, 9.17) is 14.2 Å². The number of fused-ring (bicyclic) bond motifs is 2. The third kappa shape index (κ3) is 3.75. The summed E-state index contributed by atoms with van der Waals surface area (Å²) in [6.07, 6.45) is 1.28. The topological polar surface area (TPSA) is 91.2 Å². The Morgan fingerprint density at radius 3 is 2.86 bits per heavy atom. The van der Waals surface area contributed by atoms with E-state index in [1.807, 2.05) is 43.3 Å². The molecule has 144 valence electrons. The predicted octanol–water partition coefficient (Wildman–Crippen LogP) is 1.76. The number of pyridine rings is 1. The van der Waals surface area contributed by atoms with Gasteiger partial charge in [0.1, 0.15) is 18.4 Å². The van der Waals surface area contributed by atoms with Crippen LogP contribution in [0.4, 0.5) is 0 Å². The smallest absolute Gasteiger partial charge is 0.359 e. The van der Waals surface area contributed by atoms with Gasteiger partial charge in [-0.2, -0.15) is 0 Å². The van der Waals surface area contributed by atoms with Crippen LogP contribution in [0, 0.1) is 6.92 Å². The predicted molar refractivity (Wildman–Crippen MR) is 99.6 cm³/mol. The Morgan fingerprint density at radius 2 is 2.04 bits per heavy atom. The quantitative estimate of drug-likeness (QED) is 0.677. The molecule has 2 aromatic heterocycles. The Balaban J connectivity index is 1.26. The maximum Gasteiger partial charge on any atom is 0.359 e. The molecule has 0 saturated heterocycles. The van der Waals surface area contributed by atoms with Crippen LogP contribution in [0.1, 0.15) is 16.2 Å². The van der Waals surface area contributed by atoms with Crippen LogP contribution in [0.25, 0.3) is 5.65 Å². The first-order valence-electron chi connectivity index (χ1n) is 8.87. The van der Waals surface area contributed by atoms with Crippen LogP contribution in [-0.2, 0) is 9.53 Å². The lowest BCUT2D eigenvalue weighted by Gasteiger charge is -2.26. The van der Waals surface area contributed by atoms with Crippen LogP contribution in [0.15, 0.2) is 48.7 Å². The number of benzene rings is 1. The normalized spacial score (nSPS) is 15.2. The van der Waals surface area contributed by atoms with Gasteiger partial charge in [0, 0.05) is 11.9 Å². The number of hydrogen-bond acceptors (Lipinski definition) is 6. The molecule has 1 atom stereocenters. The average molecular weight is 381 g/mol. The number of hydrogen-bond donors (Lipinski definition) is 1. The molecule has 1 N–H and O–H groups in total. The molecular weight excluding hydrogens is 362 g/mol. The second kappa shape index (κ2) is 7.59. The SMILES string of the molecule is Cc1cccc2nc(C(=O)OCC(=O)NCC3COc4ccccc4O3)cn12. The number of rotatable bonds is 5. The lowest BCUT2D eigenvalue weighted by atomic mass is 10.2. The van der Waals surface area contributed by atoms with E-state index < -0.39 is 18.5 Å². The van der Waals surface area contributed by atoms with E-state index in [0.717, 1.165) is 5.69 Å². The molecule has 0 fully saturated rings. The molecule has 0 spiro atoms. The zero-order valence-corrected chi connectivity index (χ0v) is 15.3. The number of aromatic nitrogens is 2. The number of nitrogens with one attached hydrogen (secondary N) is 1. The summed E-state index contributed by atoms with van der Waals surface area (Å²) in [5.41, 5.74) is 1.74. The van der Waals surface area contributed by atoms with E-state index in [9.17, 15) is 9.59 Å². The van der Waals surface area contributed by atoms with Gasteiger partial charge in [0.2, 0.25) is 0 Å². The summed E-state index contributed by atoms with van der Waals surface area (Å²) in [5.74, 6) is 0.253. The van der Waals surface area contributed by atoms with Crippen molar-refractivity contribution in [2.45, 2.75) is 13.0 Å². The summed E-state index contributed by atoms with van der Waals surface area (Å²) < 4.78 is 18.2. The van der Waals surface area contributed by atoms with Crippen LogP contribution in [0.3, 0.4) is 0 Å². The number of esters is 1. The fourth-order valence-corrected chi connectivity index (χ4v) is 2.89. The van der Waals surface area contributed by atoms with Gasteiger partial charge in [-0.25, -0.2) is 9.78 Å². The first-order valence-corrected chi connectivity index (χ1v) is 8.87. The number of para-hydroxylation sites is 2. The van der Waals surface area contributed by atoms with Gasteiger partial charge in [-0.15, -0.1) is 0 Å². The summed E-state index contributed by atoms with van der Waals surface area (Å²) in [6.45, 7) is 2.10. The van der Waals surface area contributed by atoms with Crippen LogP contribution < -0.4 is 14.8 Å². The third-order valence-electron chi connectivity index (χ3n) is 4.33. The first-order chi connectivity index (χ1) is 13.6. The number of carbonyl (C=O) groups excluding carboxylic acids is 2. The minimum Gasteiger partial charge on any atom is -0.486 e. The molecule has 0 bridgehead atoms. The lowest BCUT2D eigenvalue weighted by molar-refractivity contribution is -0.124. The molecule has 0 saturated carbocycles. The Bertz CT molecular complexity index is 1030. The Hall–Kier alpha value is -3.55. The molecule has 3 heterocycles. The van der Waals surface area contributed by atoms with Crippen molar-refractivity contribution in [3.63, 3.8) is 0 Å². The minimum absolute atomic E-state index is 0.155. The molecular formula is C20H19N3O5. The highest BCUT2D eigenvalue weighted by Gasteiger charge is 2.21. The fourth-order valence-electron chi connectivity index (χ4n) is 2.89. The van der Waals surface area contributed by atoms with Crippen LogP contribution in [0.5, 0.6) is 11.5 Å². The van der Waals surface area contributed by atoms with Crippen molar-refractivity contribution in [2.75, 3.05) is 19.8 Å². The molecule has 1 aliphatic rings. The van der Waals surface area contributed by atoms with E-state index in [0.29, 0.717) is 23.8 Å². The second-order valence-electron chi connectivity index (χ2n) is 6.40. The van der Waals surface area contributed by atoms with Crippen molar-refractivity contribution in [2.24, 2.45) is 0 Å². The molecule has 3 aromatic rings. The van der Waals surface area contributed by atoms with Crippen molar-refractivity contribution >= 4 is 17.5 Å². The van der Waals surface area contributed by atoms with E-state index in [2.05, 4.69) is 10.3 Å². The second-order valence-corrected chi connectivity index (χ2v) is 6.40. The average Bonchev–Trinajstić information content (AvgIpc) is 3.16. The third-order valence-corrected chi connectivity index (χ3v) is 4.33. The molecule has 0 aliphatic carbocycles. The minimum atomic E-state index is -0.649. The summed E-state index contributed by atoms with van der Waals surface area (Å²) >= 11 is 0. The monoisotopic (exact) mass is 381 g/mol. The number of ether oxygens (including phenoxy) is 3. The highest BCUT2D eigenvalue weighted by atomic mass is 16.6. The van der Waals surface area contributed by atoms with Gasteiger partial charge in [0.15, 0.2) is 23.8 Å². The Labute approximate surface area is 161 Å². The first kappa shape index (κ1) is 17.8. The maximum absolute atomic E-state index is 12.2. The summed E-state index contributed by atoms with van der Waals surface area (Å²) in [5, 5.41) is 2.68. The van der Waals surface area contributed by atoms with Crippen molar-refractivity contribution in [1.82, 2.24) is 14.7 Å². The standard InChI is InChI=1S/C20H19N3O5/c1-13-5-4-8-18-22-15(10-23(13)18)20(25)27-12-19(24)21-9-14-11-26-16-6-2-3-7-17(16)28-14/h2-8,10,14H,9,11-12H2,1H3,(H,21,24). The van der Waals surface area contributed by atoms with Crippen LogP contribution in [-0.4, -0.2) is 47.1 Å². The molecule has 1 amide bonds. The van der Waals surface area contributed by atoms with E-state index in [-0.39, 0.29) is 18.3 Å². The number of carbonyl (C=O) groups is 2. The number of nitrogens with zero attached hydrogens (tertiary/aromatic N) is 2. The van der Waals surface area contributed by atoms with Gasteiger partial charge in [-0.3, -0.25) is 4.79 Å². The van der Waals surface area contributed by atoms with Crippen molar-refractivity contribution in [3.05, 3.63) is 60.0 Å². The zero-order valence-electron chi connectivity index (χ0n) is 15.3. The number of amides is 1. The molecule has 8 heteroatoms. The molecule has 8 nitrogen and oxygen atoms in total. The van der Waals surface area contributed by atoms with Crippen molar-refractivity contribution in [1.29, 1.82) is 0 Å². The molecule has 1 aliphatic heterocycles. The number of aryl methyl sites for hydroxylation is 1. The number of imidazole rings is 1. The van der Waals surface area contributed by atoms with Gasteiger partial charge >= 0.3 is 5.97 Å². The molecule has 0 radical (unpaired) electrons. The highest BCUT2D eigenvalue weighted by molar-refractivity contribution is 5.90. The largest absolute Gasteiger partial charge is 0.486 e. The van der Waals surface area contributed by atoms with Crippen molar-refractivity contribution < 1.29 is 23.8 Å². The fraction of sp³-hybridized carbons (Fsp3) is 0.250. The molecule has 1 unspecified atom stereocenters. The molecule has 1 aromatic carbocycles. The summed E-state index contributed by atoms with van der Waals surface area (Å²) in [4.78, 5) is 28.3. The van der Waals surface area contributed by atoms with Gasteiger partial charge in [0.25, 0.3) is 5.91 Å². The maximum atomic E-state index is 12.2. The Morgan fingerprint density at radius 1 is 1.21 bits per heavy atom. The Kier molecular flexibility index (Phi) is 4.84. The molecule has 28 heavy (non-hydrogen) atoms. The highest BCUT2D eigenvalue weighted by Crippen LogP contribution is 2.30. The lowest BCUT2D eigenvalue weighted by Crippen LogP contribution is -2.42. The summed E-state index contributed by atoms with van der Waals surface area (Å²) in [6, 6.07) is 12.9. The van der Waals surface area contributed by atoms with Crippen LogP contribution in [0.2, 0.25) is 0 Å². The zero-order chi connectivity index (χ0) is 19.5.